The summed E-state index contributed by atoms with van der Waals surface area (Å²) in [5, 5.41) is 5.69. The van der Waals surface area contributed by atoms with Crippen molar-refractivity contribution in [3.05, 3.63) is 111 Å². The summed E-state index contributed by atoms with van der Waals surface area (Å²) < 4.78 is 8.12. The fourth-order valence-corrected chi connectivity index (χ4v) is 4.67. The highest BCUT2D eigenvalue weighted by Gasteiger charge is 2.13. The van der Waals surface area contributed by atoms with Crippen LogP contribution in [0.15, 0.2) is 114 Å². The van der Waals surface area contributed by atoms with Gasteiger partial charge in [0.1, 0.15) is 5.76 Å². The molecule has 0 N–H and O–H groups in total. The molecule has 0 bridgehead atoms. The minimum Gasteiger partial charge on any atom is -0.447 e. The first-order valence-electron chi connectivity index (χ1n) is 10.2. The summed E-state index contributed by atoms with van der Waals surface area (Å²) in [4.78, 5) is 19.0. The van der Waals surface area contributed by atoms with Gasteiger partial charge >= 0.3 is 0 Å². The average molecular weight is 516 g/mol. The lowest BCUT2D eigenvalue weighted by Gasteiger charge is -2.09. The maximum Gasteiger partial charge on any atom is 0.282 e. The molecule has 5 aromatic rings. The lowest BCUT2D eigenvalue weighted by Crippen LogP contribution is -2.20. The molecule has 0 radical (unpaired) electrons. The molecule has 0 unspecified atom stereocenters. The fourth-order valence-electron chi connectivity index (χ4n) is 3.34. The molecule has 2 heterocycles. The number of fused-ring (bicyclic) bond motifs is 1. The van der Waals surface area contributed by atoms with Gasteiger partial charge in [0, 0.05) is 16.5 Å². The molecule has 3 aromatic carbocycles. The molecule has 0 aliphatic heterocycles. The molecule has 0 aliphatic carbocycles. The number of hydrogen-bond acceptors (Lipinski definition) is 5. The third-order valence-corrected chi connectivity index (χ3v) is 6.84. The standard InChI is InChI=1S/C26H18BrN3O2S/c1-17-11-13-20(14-12-17)33-26-22(27)15-19(32-26)16-28-30-24(18-7-3-2-4-8-18)29-23-10-6-5-9-21(23)25(30)31/h2-16H,1H3. The summed E-state index contributed by atoms with van der Waals surface area (Å²) in [5.41, 5.74) is 2.39. The van der Waals surface area contributed by atoms with Crippen molar-refractivity contribution in [3.8, 4) is 11.4 Å². The van der Waals surface area contributed by atoms with Crippen molar-refractivity contribution in [3.63, 3.8) is 0 Å². The van der Waals surface area contributed by atoms with E-state index >= 15 is 0 Å². The Morgan fingerprint density at radius 1 is 1.00 bits per heavy atom. The Kier molecular flexibility index (Phi) is 5.98. The van der Waals surface area contributed by atoms with E-state index in [1.807, 2.05) is 54.6 Å². The predicted octanol–water partition coefficient (Wildman–Crippen LogP) is 6.76. The second-order valence-electron chi connectivity index (χ2n) is 7.38. The van der Waals surface area contributed by atoms with E-state index in [1.165, 1.54) is 28.2 Å². The second kappa shape index (κ2) is 9.21. The number of furan rings is 1. The molecule has 7 heteroatoms. The van der Waals surface area contributed by atoms with Crippen LogP contribution in [0.2, 0.25) is 0 Å². The van der Waals surface area contributed by atoms with Crippen LogP contribution in [0.4, 0.5) is 0 Å². The van der Waals surface area contributed by atoms with Gasteiger partial charge in [-0.25, -0.2) is 4.98 Å². The van der Waals surface area contributed by atoms with Gasteiger partial charge in [0.2, 0.25) is 0 Å². The monoisotopic (exact) mass is 515 g/mol. The van der Waals surface area contributed by atoms with E-state index in [4.69, 9.17) is 9.40 Å². The molecule has 5 nitrogen and oxygen atoms in total. The Morgan fingerprint density at radius 3 is 2.52 bits per heavy atom. The molecule has 0 spiro atoms. The smallest absolute Gasteiger partial charge is 0.282 e. The van der Waals surface area contributed by atoms with E-state index in [0.29, 0.717) is 27.6 Å². The molecule has 5 rings (SSSR count). The molecule has 2 aromatic heterocycles. The van der Waals surface area contributed by atoms with E-state index in [2.05, 4.69) is 52.2 Å². The molecular weight excluding hydrogens is 498 g/mol. The van der Waals surface area contributed by atoms with Crippen LogP contribution in [0, 0.1) is 6.92 Å². The predicted molar refractivity (Wildman–Crippen MR) is 136 cm³/mol. The molecule has 0 fully saturated rings. The number of para-hydroxylation sites is 1. The highest BCUT2D eigenvalue weighted by molar-refractivity contribution is 9.10. The van der Waals surface area contributed by atoms with Crippen LogP contribution >= 0.6 is 27.7 Å². The van der Waals surface area contributed by atoms with Crippen molar-refractivity contribution in [2.24, 2.45) is 5.10 Å². The van der Waals surface area contributed by atoms with E-state index in [0.717, 1.165) is 14.9 Å². The van der Waals surface area contributed by atoms with Gasteiger partial charge in [-0.15, -0.1) is 0 Å². The maximum absolute atomic E-state index is 13.2. The van der Waals surface area contributed by atoms with E-state index in [9.17, 15) is 4.79 Å². The van der Waals surface area contributed by atoms with Gasteiger partial charge in [-0.05, 0) is 47.1 Å². The quantitative estimate of drug-likeness (QED) is 0.242. The minimum absolute atomic E-state index is 0.240. The van der Waals surface area contributed by atoms with E-state index in [1.54, 1.807) is 6.07 Å². The summed E-state index contributed by atoms with van der Waals surface area (Å²) in [7, 11) is 0. The Hall–Kier alpha value is -3.42. The summed E-state index contributed by atoms with van der Waals surface area (Å²) in [5.74, 6) is 0.992. The van der Waals surface area contributed by atoms with Crippen molar-refractivity contribution in [2.75, 3.05) is 0 Å². The van der Waals surface area contributed by atoms with Gasteiger partial charge < -0.3 is 4.42 Å². The van der Waals surface area contributed by atoms with Gasteiger partial charge in [-0.3, -0.25) is 4.79 Å². The van der Waals surface area contributed by atoms with Crippen molar-refractivity contribution < 1.29 is 4.42 Å². The van der Waals surface area contributed by atoms with Crippen LogP contribution in [0.25, 0.3) is 22.3 Å². The van der Waals surface area contributed by atoms with Gasteiger partial charge in [0.15, 0.2) is 10.9 Å². The normalized spacial score (nSPS) is 11.5. The summed E-state index contributed by atoms with van der Waals surface area (Å²) >= 11 is 5.07. The number of aromatic nitrogens is 2. The zero-order valence-corrected chi connectivity index (χ0v) is 20.0. The maximum atomic E-state index is 13.2. The van der Waals surface area contributed by atoms with Crippen LogP contribution in [-0.2, 0) is 0 Å². The number of rotatable bonds is 5. The Morgan fingerprint density at radius 2 is 1.73 bits per heavy atom. The summed E-state index contributed by atoms with van der Waals surface area (Å²) in [6, 6.07) is 26.9. The Labute approximate surface area is 202 Å². The zero-order valence-electron chi connectivity index (χ0n) is 17.6. The topological polar surface area (TPSA) is 60.4 Å². The number of hydrogen-bond donors (Lipinski definition) is 0. The highest BCUT2D eigenvalue weighted by atomic mass is 79.9. The van der Waals surface area contributed by atoms with Crippen LogP contribution in [0.5, 0.6) is 0 Å². The molecule has 0 saturated heterocycles. The van der Waals surface area contributed by atoms with Crippen molar-refractivity contribution in [1.29, 1.82) is 0 Å². The molecule has 0 atom stereocenters. The van der Waals surface area contributed by atoms with Crippen molar-refractivity contribution in [1.82, 2.24) is 9.66 Å². The SMILES string of the molecule is Cc1ccc(Sc2oc(C=Nn3c(-c4ccccc4)nc4ccccc4c3=O)cc2Br)cc1. The van der Waals surface area contributed by atoms with Crippen LogP contribution < -0.4 is 5.56 Å². The Bertz CT molecular complexity index is 1520. The van der Waals surface area contributed by atoms with E-state index < -0.39 is 0 Å². The molecular formula is C26H18BrN3O2S. The third kappa shape index (κ3) is 4.55. The van der Waals surface area contributed by atoms with Crippen molar-refractivity contribution >= 4 is 44.8 Å². The molecule has 0 aliphatic rings. The first-order valence-corrected chi connectivity index (χ1v) is 11.8. The number of nitrogens with zero attached hydrogens (tertiary/aromatic N) is 3. The van der Waals surface area contributed by atoms with Gasteiger partial charge in [-0.2, -0.15) is 9.78 Å². The largest absolute Gasteiger partial charge is 0.447 e. The van der Waals surface area contributed by atoms with Gasteiger partial charge in [-0.1, -0.05) is 71.9 Å². The first-order chi connectivity index (χ1) is 16.1. The number of aryl methyl sites for hydroxylation is 1. The zero-order chi connectivity index (χ0) is 22.8. The van der Waals surface area contributed by atoms with Crippen LogP contribution in [0.1, 0.15) is 11.3 Å². The summed E-state index contributed by atoms with van der Waals surface area (Å²) in [6.45, 7) is 2.05. The molecule has 162 valence electrons. The van der Waals surface area contributed by atoms with Crippen molar-refractivity contribution in [2.45, 2.75) is 16.9 Å². The molecule has 33 heavy (non-hydrogen) atoms. The minimum atomic E-state index is -0.240. The van der Waals surface area contributed by atoms with Gasteiger partial charge in [0.05, 0.1) is 21.6 Å². The fraction of sp³-hybridized carbons (Fsp3) is 0.0385. The van der Waals surface area contributed by atoms with E-state index in [-0.39, 0.29) is 5.56 Å². The molecule has 0 saturated carbocycles. The van der Waals surface area contributed by atoms with Crippen LogP contribution in [0.3, 0.4) is 0 Å². The Balaban J connectivity index is 1.54. The lowest BCUT2D eigenvalue weighted by molar-refractivity contribution is 0.465. The third-order valence-electron chi connectivity index (χ3n) is 4.99. The van der Waals surface area contributed by atoms with Gasteiger partial charge in [0.25, 0.3) is 5.56 Å². The number of benzene rings is 3. The number of halogens is 1. The molecule has 0 amide bonds. The highest BCUT2D eigenvalue weighted by Crippen LogP contribution is 2.35. The van der Waals surface area contributed by atoms with Crippen LogP contribution in [-0.4, -0.2) is 15.9 Å². The average Bonchev–Trinajstić information content (AvgIpc) is 3.19. The lowest BCUT2D eigenvalue weighted by atomic mass is 10.2. The summed E-state index contributed by atoms with van der Waals surface area (Å²) in [6.07, 6.45) is 1.54. The first kappa shape index (κ1) is 21.4. The second-order valence-corrected chi connectivity index (χ2v) is 9.28.